The first-order valence-electron chi connectivity index (χ1n) is 7.59. The number of hydrogen-bond acceptors (Lipinski definition) is 4. The van der Waals surface area contributed by atoms with Gasteiger partial charge in [-0.2, -0.15) is 4.68 Å². The standard InChI is InChI=1S/C17H16BrN5O/c18-14-8-9-16(23-12-20-21-22-23)15(11-14)17(24)19-10-4-7-13-5-2-1-3-6-13/h1-3,5-6,8-9,11-12H,4,7,10H2,(H,19,24). The number of aromatic nitrogens is 4. The van der Waals surface area contributed by atoms with E-state index in [0.29, 0.717) is 17.8 Å². The largest absolute Gasteiger partial charge is 0.352 e. The maximum absolute atomic E-state index is 12.5. The Morgan fingerprint density at radius 3 is 2.75 bits per heavy atom. The van der Waals surface area contributed by atoms with Crippen LogP contribution >= 0.6 is 15.9 Å². The van der Waals surface area contributed by atoms with Crippen LogP contribution in [0.5, 0.6) is 0 Å². The van der Waals surface area contributed by atoms with E-state index in [-0.39, 0.29) is 5.91 Å². The number of benzene rings is 2. The van der Waals surface area contributed by atoms with E-state index in [4.69, 9.17) is 0 Å². The number of carbonyl (C=O) groups is 1. The molecule has 0 unspecified atom stereocenters. The minimum Gasteiger partial charge on any atom is -0.352 e. The van der Waals surface area contributed by atoms with Crippen LogP contribution in [0.4, 0.5) is 0 Å². The third-order valence-corrected chi connectivity index (χ3v) is 4.06. The Kier molecular flexibility index (Phi) is 5.32. The summed E-state index contributed by atoms with van der Waals surface area (Å²) >= 11 is 3.40. The summed E-state index contributed by atoms with van der Waals surface area (Å²) in [4.78, 5) is 12.5. The van der Waals surface area contributed by atoms with Crippen LogP contribution in [0.2, 0.25) is 0 Å². The lowest BCUT2D eigenvalue weighted by Gasteiger charge is -2.10. The normalized spacial score (nSPS) is 10.5. The first-order chi connectivity index (χ1) is 11.7. The van der Waals surface area contributed by atoms with E-state index >= 15 is 0 Å². The van der Waals surface area contributed by atoms with Gasteiger partial charge < -0.3 is 5.32 Å². The third-order valence-electron chi connectivity index (χ3n) is 3.57. The molecular weight excluding hydrogens is 370 g/mol. The molecule has 7 heteroatoms. The lowest BCUT2D eigenvalue weighted by Crippen LogP contribution is -2.26. The van der Waals surface area contributed by atoms with Crippen LogP contribution < -0.4 is 5.32 Å². The summed E-state index contributed by atoms with van der Waals surface area (Å²) in [6.07, 6.45) is 3.28. The molecular formula is C17H16BrN5O. The van der Waals surface area contributed by atoms with Gasteiger partial charge in [-0.15, -0.1) is 5.10 Å². The fraction of sp³-hybridized carbons (Fsp3) is 0.176. The van der Waals surface area contributed by atoms with E-state index in [1.165, 1.54) is 16.6 Å². The van der Waals surface area contributed by atoms with Crippen LogP contribution in [0.3, 0.4) is 0 Å². The van der Waals surface area contributed by atoms with Crippen molar-refractivity contribution in [2.45, 2.75) is 12.8 Å². The molecule has 1 amide bonds. The first kappa shape index (κ1) is 16.3. The first-order valence-corrected chi connectivity index (χ1v) is 8.38. The van der Waals surface area contributed by atoms with Gasteiger partial charge in [0.05, 0.1) is 11.3 Å². The smallest absolute Gasteiger partial charge is 0.253 e. The van der Waals surface area contributed by atoms with Crippen LogP contribution in [0, 0.1) is 0 Å². The Hall–Kier alpha value is -2.54. The van der Waals surface area contributed by atoms with Gasteiger partial charge in [0, 0.05) is 11.0 Å². The number of halogens is 1. The van der Waals surface area contributed by atoms with E-state index in [1.54, 1.807) is 12.1 Å². The Bertz CT molecular complexity index is 805. The van der Waals surface area contributed by atoms with Gasteiger partial charge in [-0.05, 0) is 47.0 Å². The molecule has 3 rings (SSSR count). The Morgan fingerprint density at radius 2 is 2.00 bits per heavy atom. The van der Waals surface area contributed by atoms with Gasteiger partial charge in [-0.3, -0.25) is 4.79 Å². The predicted octanol–water partition coefficient (Wildman–Crippen LogP) is 2.79. The molecule has 24 heavy (non-hydrogen) atoms. The monoisotopic (exact) mass is 385 g/mol. The van der Waals surface area contributed by atoms with Gasteiger partial charge in [0.2, 0.25) is 0 Å². The molecule has 1 aromatic heterocycles. The van der Waals surface area contributed by atoms with Gasteiger partial charge >= 0.3 is 0 Å². The molecule has 1 N–H and O–H groups in total. The Morgan fingerprint density at radius 1 is 1.17 bits per heavy atom. The highest BCUT2D eigenvalue weighted by Crippen LogP contribution is 2.19. The quantitative estimate of drug-likeness (QED) is 0.662. The topological polar surface area (TPSA) is 72.7 Å². The number of aryl methyl sites for hydroxylation is 1. The van der Waals surface area contributed by atoms with Crippen molar-refractivity contribution in [1.82, 2.24) is 25.5 Å². The van der Waals surface area contributed by atoms with Crippen molar-refractivity contribution in [3.05, 3.63) is 70.5 Å². The molecule has 0 aliphatic carbocycles. The number of nitrogens with zero attached hydrogens (tertiary/aromatic N) is 4. The van der Waals surface area contributed by atoms with Crippen molar-refractivity contribution in [3.8, 4) is 5.69 Å². The zero-order valence-electron chi connectivity index (χ0n) is 12.9. The summed E-state index contributed by atoms with van der Waals surface area (Å²) in [6, 6.07) is 15.6. The predicted molar refractivity (Wildman–Crippen MR) is 94.0 cm³/mol. The second kappa shape index (κ2) is 7.83. The van der Waals surface area contributed by atoms with Crippen molar-refractivity contribution in [2.24, 2.45) is 0 Å². The molecule has 0 aliphatic heterocycles. The van der Waals surface area contributed by atoms with Gasteiger partial charge in [0.1, 0.15) is 6.33 Å². The summed E-state index contributed by atoms with van der Waals surface area (Å²) in [7, 11) is 0. The molecule has 0 bridgehead atoms. The van der Waals surface area contributed by atoms with E-state index in [2.05, 4.69) is 48.9 Å². The number of hydrogen-bond donors (Lipinski definition) is 1. The zero-order chi connectivity index (χ0) is 16.8. The molecule has 0 atom stereocenters. The second-order valence-corrected chi connectivity index (χ2v) is 6.18. The van der Waals surface area contributed by atoms with Crippen LogP contribution in [0.1, 0.15) is 22.3 Å². The van der Waals surface area contributed by atoms with Crippen molar-refractivity contribution in [1.29, 1.82) is 0 Å². The Balaban J connectivity index is 1.63. The van der Waals surface area contributed by atoms with E-state index < -0.39 is 0 Å². The molecule has 0 aliphatic rings. The minimum absolute atomic E-state index is 0.144. The molecule has 0 fully saturated rings. The Labute approximate surface area is 148 Å². The van der Waals surface area contributed by atoms with Gasteiger partial charge in [0.15, 0.2) is 0 Å². The van der Waals surface area contributed by atoms with Crippen molar-refractivity contribution in [3.63, 3.8) is 0 Å². The van der Waals surface area contributed by atoms with Crippen LogP contribution in [0.15, 0.2) is 59.3 Å². The molecule has 122 valence electrons. The molecule has 0 radical (unpaired) electrons. The minimum atomic E-state index is -0.144. The van der Waals surface area contributed by atoms with Gasteiger partial charge in [0.25, 0.3) is 5.91 Å². The fourth-order valence-electron chi connectivity index (χ4n) is 2.40. The highest BCUT2D eigenvalue weighted by Gasteiger charge is 2.14. The maximum atomic E-state index is 12.5. The lowest BCUT2D eigenvalue weighted by molar-refractivity contribution is 0.0953. The average Bonchev–Trinajstić information content (AvgIpc) is 3.14. The molecule has 3 aromatic rings. The number of amides is 1. The SMILES string of the molecule is O=C(NCCCc1ccccc1)c1cc(Br)ccc1-n1cnnn1. The molecule has 6 nitrogen and oxygen atoms in total. The highest BCUT2D eigenvalue weighted by atomic mass is 79.9. The molecule has 1 heterocycles. The average molecular weight is 386 g/mol. The number of nitrogens with one attached hydrogen (secondary N) is 1. The summed E-state index contributed by atoms with van der Waals surface area (Å²) in [6.45, 7) is 0.606. The zero-order valence-corrected chi connectivity index (χ0v) is 14.5. The number of tetrazole rings is 1. The van der Waals surface area contributed by atoms with Crippen molar-refractivity contribution >= 4 is 21.8 Å². The van der Waals surface area contributed by atoms with E-state index in [0.717, 1.165) is 17.3 Å². The lowest BCUT2D eigenvalue weighted by atomic mass is 10.1. The van der Waals surface area contributed by atoms with Crippen LogP contribution in [-0.2, 0) is 6.42 Å². The summed E-state index contributed by atoms with van der Waals surface area (Å²) in [5.74, 6) is -0.144. The molecule has 2 aromatic carbocycles. The second-order valence-electron chi connectivity index (χ2n) is 5.26. The van der Waals surface area contributed by atoms with E-state index in [1.807, 2.05) is 24.3 Å². The van der Waals surface area contributed by atoms with Crippen molar-refractivity contribution in [2.75, 3.05) is 6.54 Å². The number of rotatable bonds is 6. The summed E-state index contributed by atoms with van der Waals surface area (Å²) in [5.41, 5.74) is 2.43. The van der Waals surface area contributed by atoms with Crippen molar-refractivity contribution < 1.29 is 4.79 Å². The third kappa shape index (κ3) is 4.05. The summed E-state index contributed by atoms with van der Waals surface area (Å²) in [5, 5.41) is 14.1. The molecule has 0 spiro atoms. The highest BCUT2D eigenvalue weighted by molar-refractivity contribution is 9.10. The molecule has 0 saturated heterocycles. The summed E-state index contributed by atoms with van der Waals surface area (Å²) < 4.78 is 2.31. The maximum Gasteiger partial charge on any atom is 0.253 e. The number of carbonyl (C=O) groups excluding carboxylic acids is 1. The van der Waals surface area contributed by atoms with Crippen LogP contribution in [0.25, 0.3) is 5.69 Å². The van der Waals surface area contributed by atoms with Crippen LogP contribution in [-0.4, -0.2) is 32.7 Å². The fourth-order valence-corrected chi connectivity index (χ4v) is 2.76. The molecule has 0 saturated carbocycles. The van der Waals surface area contributed by atoms with Gasteiger partial charge in [-0.1, -0.05) is 46.3 Å². The van der Waals surface area contributed by atoms with E-state index in [9.17, 15) is 4.79 Å². The van der Waals surface area contributed by atoms with Gasteiger partial charge in [-0.25, -0.2) is 0 Å².